The number of nitrogens with zero attached hydrogens (tertiary/aromatic N) is 1. The fourth-order valence-electron chi connectivity index (χ4n) is 2.73. The van der Waals surface area contributed by atoms with E-state index in [0.717, 1.165) is 29.8 Å². The van der Waals surface area contributed by atoms with E-state index >= 15 is 0 Å². The van der Waals surface area contributed by atoms with Gasteiger partial charge in [0.15, 0.2) is 0 Å². The average Bonchev–Trinajstić information content (AvgIpc) is 2.68. The largest absolute Gasteiger partial charge is 0.490 e. The van der Waals surface area contributed by atoms with E-state index in [1.807, 2.05) is 36.5 Å². The van der Waals surface area contributed by atoms with Crippen LogP contribution >= 0.6 is 0 Å². The summed E-state index contributed by atoms with van der Waals surface area (Å²) in [6, 6.07) is 16.4. The van der Waals surface area contributed by atoms with Crippen molar-refractivity contribution in [1.82, 2.24) is 0 Å². The fraction of sp³-hybridized carbons (Fsp3) is 0.480. The highest BCUT2D eigenvalue weighted by molar-refractivity contribution is 5.86. The Morgan fingerprint density at radius 2 is 1.59 bits per heavy atom. The van der Waals surface area contributed by atoms with Gasteiger partial charge in [-0.05, 0) is 49.4 Å². The zero-order valence-corrected chi connectivity index (χ0v) is 18.0. The van der Waals surface area contributed by atoms with Crippen LogP contribution in [0.2, 0.25) is 0 Å². The monoisotopic (exact) mass is 367 g/mol. The summed E-state index contributed by atoms with van der Waals surface area (Å²) >= 11 is 0. The highest BCUT2D eigenvalue weighted by atomic mass is 16.5. The molecule has 0 spiro atoms. The van der Waals surface area contributed by atoms with Crippen LogP contribution in [0.5, 0.6) is 5.75 Å². The minimum absolute atomic E-state index is 0.198. The van der Waals surface area contributed by atoms with Gasteiger partial charge < -0.3 is 4.74 Å². The number of ether oxygens (including phenoxy) is 1. The van der Waals surface area contributed by atoms with E-state index in [-0.39, 0.29) is 6.10 Å². The summed E-state index contributed by atoms with van der Waals surface area (Å²) in [5.41, 5.74) is 3.30. The maximum Gasteiger partial charge on any atom is 0.131 e. The van der Waals surface area contributed by atoms with Crippen LogP contribution in [0.3, 0.4) is 0 Å². The molecule has 2 heteroatoms. The summed E-state index contributed by atoms with van der Waals surface area (Å²) in [4.78, 5) is 4.61. The third-order valence-electron chi connectivity index (χ3n) is 4.33. The smallest absolute Gasteiger partial charge is 0.131 e. The standard InChI is InChI=1S/C22H29NO.C3H8/c1-5-11-17(3)21-15-10-12-19(22(21)24-18(4)6-2)16-23-20-13-8-7-9-14-20;1-3-2/h7-10,12-18H,5-6,11H2,1-4H3;3H2,1-2H3. The Balaban J connectivity index is 0.00000114. The zero-order valence-electron chi connectivity index (χ0n) is 18.0. The lowest BCUT2D eigenvalue weighted by Gasteiger charge is -2.21. The highest BCUT2D eigenvalue weighted by Crippen LogP contribution is 2.33. The number of para-hydroxylation sites is 2. The van der Waals surface area contributed by atoms with Gasteiger partial charge in [0.25, 0.3) is 0 Å². The molecule has 0 saturated carbocycles. The van der Waals surface area contributed by atoms with Crippen LogP contribution in [-0.2, 0) is 0 Å². The lowest BCUT2D eigenvalue weighted by atomic mass is 9.94. The minimum atomic E-state index is 0.198. The molecule has 0 N–H and O–H groups in total. The third kappa shape index (κ3) is 7.99. The molecule has 0 aliphatic heterocycles. The molecule has 2 aromatic carbocycles. The van der Waals surface area contributed by atoms with E-state index in [4.69, 9.17) is 4.74 Å². The molecule has 0 aromatic heterocycles. The normalized spacial score (nSPS) is 13.0. The van der Waals surface area contributed by atoms with Gasteiger partial charge in [0.05, 0.1) is 11.8 Å². The first kappa shape index (κ1) is 23.0. The van der Waals surface area contributed by atoms with Crippen LogP contribution in [-0.4, -0.2) is 12.3 Å². The molecule has 0 radical (unpaired) electrons. The van der Waals surface area contributed by atoms with Gasteiger partial charge in [-0.15, -0.1) is 0 Å². The van der Waals surface area contributed by atoms with E-state index in [2.05, 4.69) is 64.7 Å². The number of rotatable bonds is 8. The Bertz CT molecular complexity index is 663. The molecular formula is C25H37NO. The molecule has 2 unspecified atom stereocenters. The molecule has 0 aliphatic rings. The van der Waals surface area contributed by atoms with Crippen molar-refractivity contribution in [3.05, 3.63) is 59.7 Å². The molecular weight excluding hydrogens is 330 g/mol. The van der Waals surface area contributed by atoms with Crippen LogP contribution in [0.4, 0.5) is 5.69 Å². The Morgan fingerprint density at radius 1 is 0.926 bits per heavy atom. The van der Waals surface area contributed by atoms with Gasteiger partial charge in [-0.25, -0.2) is 0 Å². The first-order valence-electron chi connectivity index (χ1n) is 10.5. The molecule has 2 nitrogen and oxygen atoms in total. The van der Waals surface area contributed by atoms with Gasteiger partial charge >= 0.3 is 0 Å². The lowest BCUT2D eigenvalue weighted by Crippen LogP contribution is -2.13. The zero-order chi connectivity index (χ0) is 20.1. The van der Waals surface area contributed by atoms with Crippen LogP contribution in [0.1, 0.15) is 84.3 Å². The van der Waals surface area contributed by atoms with E-state index in [9.17, 15) is 0 Å². The summed E-state index contributed by atoms with van der Waals surface area (Å²) in [5, 5.41) is 0. The molecule has 2 aromatic rings. The van der Waals surface area contributed by atoms with Crippen LogP contribution in [0.15, 0.2) is 53.5 Å². The van der Waals surface area contributed by atoms with Crippen molar-refractivity contribution in [3.63, 3.8) is 0 Å². The molecule has 0 bridgehead atoms. The van der Waals surface area contributed by atoms with E-state index < -0.39 is 0 Å². The summed E-state index contributed by atoms with van der Waals surface area (Å²) in [6.07, 6.45) is 6.70. The van der Waals surface area contributed by atoms with Crippen molar-refractivity contribution >= 4 is 11.9 Å². The van der Waals surface area contributed by atoms with Crippen molar-refractivity contribution in [2.24, 2.45) is 4.99 Å². The van der Waals surface area contributed by atoms with Gasteiger partial charge in [-0.3, -0.25) is 4.99 Å². The second-order valence-corrected chi connectivity index (χ2v) is 7.09. The first-order chi connectivity index (χ1) is 13.1. The van der Waals surface area contributed by atoms with Crippen molar-refractivity contribution in [1.29, 1.82) is 0 Å². The van der Waals surface area contributed by atoms with E-state index in [1.165, 1.54) is 18.4 Å². The number of aliphatic imine (C=N–C) groups is 1. The van der Waals surface area contributed by atoms with Gasteiger partial charge in [-0.1, -0.05) is 77.8 Å². The molecule has 0 aliphatic carbocycles. The molecule has 0 fully saturated rings. The molecule has 27 heavy (non-hydrogen) atoms. The predicted molar refractivity (Wildman–Crippen MR) is 120 cm³/mol. The third-order valence-corrected chi connectivity index (χ3v) is 4.33. The Kier molecular flexibility index (Phi) is 11.2. The Morgan fingerprint density at radius 3 is 2.19 bits per heavy atom. The maximum absolute atomic E-state index is 6.29. The predicted octanol–water partition coefficient (Wildman–Crippen LogP) is 7.93. The summed E-state index contributed by atoms with van der Waals surface area (Å²) in [6.45, 7) is 13.0. The van der Waals surface area contributed by atoms with Crippen molar-refractivity contribution < 1.29 is 4.74 Å². The minimum Gasteiger partial charge on any atom is -0.490 e. The van der Waals surface area contributed by atoms with Crippen LogP contribution in [0, 0.1) is 0 Å². The Labute approximate surface area is 166 Å². The maximum atomic E-state index is 6.29. The van der Waals surface area contributed by atoms with Gasteiger partial charge in [0.1, 0.15) is 5.75 Å². The second kappa shape index (κ2) is 13.1. The molecule has 0 saturated heterocycles. The summed E-state index contributed by atoms with van der Waals surface area (Å²) in [7, 11) is 0. The number of hydrogen-bond donors (Lipinski definition) is 0. The second-order valence-electron chi connectivity index (χ2n) is 7.09. The summed E-state index contributed by atoms with van der Waals surface area (Å²) in [5.74, 6) is 1.48. The SMILES string of the molecule is CCC.CCCC(C)c1cccc(C=Nc2ccccc2)c1OC(C)CC. The van der Waals surface area contributed by atoms with Crippen molar-refractivity contribution in [2.75, 3.05) is 0 Å². The van der Waals surface area contributed by atoms with Gasteiger partial charge in [-0.2, -0.15) is 0 Å². The average molecular weight is 368 g/mol. The highest BCUT2D eigenvalue weighted by Gasteiger charge is 2.16. The Hall–Kier alpha value is -2.09. The van der Waals surface area contributed by atoms with E-state index in [1.54, 1.807) is 0 Å². The molecule has 0 heterocycles. The fourth-order valence-corrected chi connectivity index (χ4v) is 2.73. The van der Waals surface area contributed by atoms with Crippen LogP contribution < -0.4 is 4.74 Å². The number of benzene rings is 2. The number of hydrogen-bond acceptors (Lipinski definition) is 2. The topological polar surface area (TPSA) is 21.6 Å². The lowest BCUT2D eigenvalue weighted by molar-refractivity contribution is 0.214. The molecule has 2 atom stereocenters. The first-order valence-corrected chi connectivity index (χ1v) is 10.5. The molecule has 148 valence electrons. The van der Waals surface area contributed by atoms with Crippen LogP contribution in [0.25, 0.3) is 0 Å². The van der Waals surface area contributed by atoms with Gasteiger partial charge in [0.2, 0.25) is 0 Å². The molecule has 2 rings (SSSR count). The quantitative estimate of drug-likeness (QED) is 0.434. The van der Waals surface area contributed by atoms with Crippen molar-refractivity contribution in [3.8, 4) is 5.75 Å². The van der Waals surface area contributed by atoms with Gasteiger partial charge in [0, 0.05) is 11.8 Å². The molecule has 0 amide bonds. The van der Waals surface area contributed by atoms with E-state index in [0.29, 0.717) is 5.92 Å². The van der Waals surface area contributed by atoms with Crippen molar-refractivity contribution in [2.45, 2.75) is 79.2 Å². The summed E-state index contributed by atoms with van der Waals surface area (Å²) < 4.78 is 6.29.